The molecule has 1 saturated heterocycles. The van der Waals surface area contributed by atoms with Crippen LogP contribution in [0.15, 0.2) is 18.2 Å². The first kappa shape index (κ1) is 14.3. The summed E-state index contributed by atoms with van der Waals surface area (Å²) >= 11 is 0. The van der Waals surface area contributed by atoms with Crippen molar-refractivity contribution in [1.29, 1.82) is 0 Å². The first-order chi connectivity index (χ1) is 9.61. The first-order valence-corrected chi connectivity index (χ1v) is 6.44. The minimum Gasteiger partial charge on any atom is -0.383 e. The van der Waals surface area contributed by atoms with Crippen LogP contribution in [-0.4, -0.2) is 37.6 Å². The minimum absolute atomic E-state index is 0.0479. The second-order valence-corrected chi connectivity index (χ2v) is 4.68. The van der Waals surface area contributed by atoms with E-state index in [1.165, 1.54) is 18.2 Å². The van der Waals surface area contributed by atoms with E-state index in [1.807, 2.05) is 0 Å². The molecule has 7 nitrogen and oxygen atoms in total. The standard InChI is InChI=1S/C13H17N3O4/c1-14-11-6-10(2-3-12(11)16(18)19)13(17)15-7-9-4-5-20-8-9/h2-3,6,9,14H,4-5,7-8H2,1H3,(H,15,17). The first-order valence-electron chi connectivity index (χ1n) is 6.44. The molecule has 0 spiro atoms. The van der Waals surface area contributed by atoms with E-state index in [1.54, 1.807) is 7.05 Å². The molecule has 1 fully saturated rings. The van der Waals surface area contributed by atoms with Gasteiger partial charge >= 0.3 is 0 Å². The fraction of sp³-hybridized carbons (Fsp3) is 0.462. The van der Waals surface area contributed by atoms with Crippen molar-refractivity contribution < 1.29 is 14.5 Å². The molecule has 0 radical (unpaired) electrons. The number of nitro groups is 1. The Bertz CT molecular complexity index is 512. The highest BCUT2D eigenvalue weighted by molar-refractivity contribution is 5.95. The molecule has 0 aromatic heterocycles. The van der Waals surface area contributed by atoms with Crippen LogP contribution in [0.4, 0.5) is 11.4 Å². The maximum Gasteiger partial charge on any atom is 0.292 e. The predicted molar refractivity (Wildman–Crippen MR) is 73.9 cm³/mol. The summed E-state index contributed by atoms with van der Waals surface area (Å²) in [5, 5.41) is 16.4. The summed E-state index contributed by atoms with van der Waals surface area (Å²) in [4.78, 5) is 22.3. The number of carbonyl (C=O) groups excluding carboxylic acids is 1. The van der Waals surface area contributed by atoms with Gasteiger partial charge < -0.3 is 15.4 Å². The number of anilines is 1. The lowest BCUT2D eigenvalue weighted by Crippen LogP contribution is -2.29. The molecule has 1 aromatic rings. The molecule has 108 valence electrons. The number of hydrogen-bond donors (Lipinski definition) is 2. The summed E-state index contributed by atoms with van der Waals surface area (Å²) < 4.78 is 5.24. The van der Waals surface area contributed by atoms with E-state index in [0.717, 1.165) is 13.0 Å². The van der Waals surface area contributed by atoms with Gasteiger partial charge in [0.1, 0.15) is 5.69 Å². The van der Waals surface area contributed by atoms with Crippen LogP contribution >= 0.6 is 0 Å². The van der Waals surface area contributed by atoms with E-state index < -0.39 is 4.92 Å². The molecule has 0 aliphatic carbocycles. The predicted octanol–water partition coefficient (Wildman–Crippen LogP) is 1.40. The Kier molecular flexibility index (Phi) is 4.52. The van der Waals surface area contributed by atoms with Crippen LogP contribution in [0.5, 0.6) is 0 Å². The van der Waals surface area contributed by atoms with Gasteiger partial charge in [-0.25, -0.2) is 0 Å². The number of nitro benzene ring substituents is 1. The molecule has 1 atom stereocenters. The van der Waals surface area contributed by atoms with E-state index in [-0.39, 0.29) is 11.6 Å². The van der Waals surface area contributed by atoms with E-state index in [2.05, 4.69) is 10.6 Å². The van der Waals surface area contributed by atoms with Crippen LogP contribution in [-0.2, 0) is 4.74 Å². The number of hydrogen-bond acceptors (Lipinski definition) is 5. The summed E-state index contributed by atoms with van der Waals surface area (Å²) in [6.45, 7) is 1.97. The monoisotopic (exact) mass is 279 g/mol. The van der Waals surface area contributed by atoms with Crippen molar-refractivity contribution in [2.24, 2.45) is 5.92 Å². The summed E-state index contributed by atoms with van der Waals surface area (Å²) in [6, 6.07) is 4.28. The summed E-state index contributed by atoms with van der Waals surface area (Å²) in [5.41, 5.74) is 0.680. The lowest BCUT2D eigenvalue weighted by atomic mass is 10.1. The normalized spacial score (nSPS) is 17.8. The van der Waals surface area contributed by atoms with Crippen molar-refractivity contribution in [2.75, 3.05) is 32.1 Å². The number of amides is 1. The Balaban J connectivity index is 2.03. The van der Waals surface area contributed by atoms with Crippen molar-refractivity contribution in [2.45, 2.75) is 6.42 Å². The second-order valence-electron chi connectivity index (χ2n) is 4.68. The van der Waals surface area contributed by atoms with E-state index in [0.29, 0.717) is 30.3 Å². The van der Waals surface area contributed by atoms with Gasteiger partial charge in [-0.05, 0) is 18.6 Å². The smallest absolute Gasteiger partial charge is 0.292 e. The highest BCUT2D eigenvalue weighted by atomic mass is 16.6. The van der Waals surface area contributed by atoms with Crippen LogP contribution in [0, 0.1) is 16.0 Å². The minimum atomic E-state index is -0.483. The Morgan fingerprint density at radius 2 is 2.35 bits per heavy atom. The van der Waals surface area contributed by atoms with Gasteiger partial charge in [0, 0.05) is 37.7 Å². The zero-order chi connectivity index (χ0) is 14.5. The van der Waals surface area contributed by atoms with Gasteiger partial charge in [0.25, 0.3) is 11.6 Å². The van der Waals surface area contributed by atoms with Crippen LogP contribution in [0.25, 0.3) is 0 Å². The molecule has 2 N–H and O–H groups in total. The Morgan fingerprint density at radius 1 is 1.55 bits per heavy atom. The highest BCUT2D eigenvalue weighted by Crippen LogP contribution is 2.24. The lowest BCUT2D eigenvalue weighted by Gasteiger charge is -2.10. The molecule has 20 heavy (non-hydrogen) atoms. The maximum absolute atomic E-state index is 12.0. The molecule has 1 amide bonds. The van der Waals surface area contributed by atoms with Crippen molar-refractivity contribution in [3.8, 4) is 0 Å². The maximum atomic E-state index is 12.0. The molecule has 0 bridgehead atoms. The fourth-order valence-corrected chi connectivity index (χ4v) is 2.12. The zero-order valence-corrected chi connectivity index (χ0v) is 11.2. The van der Waals surface area contributed by atoms with Gasteiger partial charge in [0.2, 0.25) is 0 Å². The van der Waals surface area contributed by atoms with Crippen LogP contribution in [0.3, 0.4) is 0 Å². The lowest BCUT2D eigenvalue weighted by molar-refractivity contribution is -0.383. The fourth-order valence-electron chi connectivity index (χ4n) is 2.12. The molecule has 1 aromatic carbocycles. The summed E-state index contributed by atoms with van der Waals surface area (Å²) in [6.07, 6.45) is 0.947. The molecule has 1 unspecified atom stereocenters. The van der Waals surface area contributed by atoms with Crippen LogP contribution < -0.4 is 10.6 Å². The Morgan fingerprint density at radius 3 is 2.95 bits per heavy atom. The van der Waals surface area contributed by atoms with E-state index in [4.69, 9.17) is 4.74 Å². The van der Waals surface area contributed by atoms with Gasteiger partial charge in [-0.3, -0.25) is 14.9 Å². The van der Waals surface area contributed by atoms with Gasteiger partial charge in [-0.15, -0.1) is 0 Å². The molecule has 0 saturated carbocycles. The summed E-state index contributed by atoms with van der Waals surface area (Å²) in [5.74, 6) is 0.115. The topological polar surface area (TPSA) is 93.5 Å². The summed E-state index contributed by atoms with van der Waals surface area (Å²) in [7, 11) is 1.58. The number of benzene rings is 1. The van der Waals surface area contributed by atoms with Crippen molar-refractivity contribution in [3.63, 3.8) is 0 Å². The molecule has 1 heterocycles. The quantitative estimate of drug-likeness (QED) is 0.627. The van der Waals surface area contributed by atoms with Gasteiger partial charge in [0.15, 0.2) is 0 Å². The molecule has 1 aliphatic rings. The zero-order valence-electron chi connectivity index (χ0n) is 11.2. The van der Waals surface area contributed by atoms with Crippen molar-refractivity contribution >= 4 is 17.3 Å². The number of ether oxygens (including phenoxy) is 1. The second kappa shape index (κ2) is 6.33. The van der Waals surface area contributed by atoms with Crippen LogP contribution in [0.1, 0.15) is 16.8 Å². The average molecular weight is 279 g/mol. The third-order valence-corrected chi connectivity index (χ3v) is 3.30. The number of carbonyl (C=O) groups is 1. The Labute approximate surface area is 116 Å². The molecular weight excluding hydrogens is 262 g/mol. The van der Waals surface area contributed by atoms with Gasteiger partial charge in [-0.1, -0.05) is 0 Å². The largest absolute Gasteiger partial charge is 0.383 e. The van der Waals surface area contributed by atoms with E-state index in [9.17, 15) is 14.9 Å². The van der Waals surface area contributed by atoms with Crippen molar-refractivity contribution in [1.82, 2.24) is 5.32 Å². The number of nitrogens with one attached hydrogen (secondary N) is 2. The third-order valence-electron chi connectivity index (χ3n) is 3.30. The average Bonchev–Trinajstić information content (AvgIpc) is 2.97. The Hall–Kier alpha value is -2.15. The molecule has 7 heteroatoms. The van der Waals surface area contributed by atoms with Gasteiger partial charge in [-0.2, -0.15) is 0 Å². The third kappa shape index (κ3) is 3.24. The number of nitrogens with zero attached hydrogens (tertiary/aromatic N) is 1. The van der Waals surface area contributed by atoms with Crippen LogP contribution in [0.2, 0.25) is 0 Å². The molecule has 2 rings (SSSR count). The van der Waals surface area contributed by atoms with Gasteiger partial charge in [0.05, 0.1) is 11.5 Å². The highest BCUT2D eigenvalue weighted by Gasteiger charge is 2.18. The molecule has 1 aliphatic heterocycles. The number of rotatable bonds is 5. The molecular formula is C13H17N3O4. The van der Waals surface area contributed by atoms with E-state index >= 15 is 0 Å². The SMILES string of the molecule is CNc1cc(C(=O)NCC2CCOC2)ccc1[N+](=O)[O-]. The van der Waals surface area contributed by atoms with Crippen molar-refractivity contribution in [3.05, 3.63) is 33.9 Å².